The number of hydrogen-bond donors (Lipinski definition) is 0. The maximum Gasteiger partial charge on any atom is 0.0546 e. The van der Waals surface area contributed by atoms with Crippen molar-refractivity contribution < 1.29 is 0 Å². The molecule has 2 heteroatoms. The molecule has 0 aromatic rings. The zero-order valence-electron chi connectivity index (χ0n) is 11.5. The number of rotatable bonds is 2. The van der Waals surface area contributed by atoms with E-state index in [9.17, 15) is 0 Å². The molecule has 0 aliphatic heterocycles. The van der Waals surface area contributed by atoms with Gasteiger partial charge in [0.05, 0.1) is 8.31 Å². The Hall–Kier alpha value is -0.0862. The second kappa shape index (κ2) is 3.74. The van der Waals surface area contributed by atoms with Gasteiger partial charge in [-0.3, -0.25) is 0 Å². The van der Waals surface area contributed by atoms with Crippen LogP contribution in [-0.2, 0) is 0 Å². The lowest BCUT2D eigenvalue weighted by atomic mass is 10.0. The second-order valence-corrected chi connectivity index (χ2v) is 19.5. The van der Waals surface area contributed by atoms with E-state index in [1.54, 1.807) is 5.57 Å². The monoisotopic (exact) mass is 236 g/mol. The van der Waals surface area contributed by atoms with Crippen LogP contribution < -0.4 is 0 Å². The lowest BCUT2D eigenvalue weighted by Crippen LogP contribution is -2.48. The zero-order chi connectivity index (χ0) is 12.0. The maximum atomic E-state index is 3.76. The maximum absolute atomic E-state index is 3.76. The van der Waals surface area contributed by atoms with Crippen LogP contribution in [0.5, 0.6) is 0 Å². The van der Waals surface area contributed by atoms with Gasteiger partial charge in [-0.1, -0.05) is 38.7 Å². The summed E-state index contributed by atoms with van der Waals surface area (Å²) >= 11 is 0. The molecule has 15 heavy (non-hydrogen) atoms. The molecule has 84 valence electrons. The van der Waals surface area contributed by atoms with Crippen molar-refractivity contribution in [3.8, 4) is 0 Å². The molecule has 1 aliphatic carbocycles. The van der Waals surface area contributed by atoms with Crippen LogP contribution >= 0.6 is 0 Å². The van der Waals surface area contributed by atoms with Crippen LogP contribution in [0, 0.1) is 6.08 Å². The van der Waals surface area contributed by atoms with E-state index in [4.69, 9.17) is 0 Å². The third-order valence-electron chi connectivity index (χ3n) is 4.19. The van der Waals surface area contributed by atoms with Crippen LogP contribution in [0.1, 0.15) is 27.7 Å². The van der Waals surface area contributed by atoms with Gasteiger partial charge < -0.3 is 0 Å². The summed E-state index contributed by atoms with van der Waals surface area (Å²) in [6.07, 6.45) is 3.76. The highest BCUT2D eigenvalue weighted by molar-refractivity contribution is 7.32. The average molecular weight is 237 g/mol. The van der Waals surface area contributed by atoms with Gasteiger partial charge in [0.15, 0.2) is 0 Å². The lowest BCUT2D eigenvalue weighted by Gasteiger charge is -2.38. The summed E-state index contributed by atoms with van der Waals surface area (Å²) in [5.74, 6) is 0. The Morgan fingerprint density at radius 3 is 1.87 bits per heavy atom. The fourth-order valence-corrected chi connectivity index (χ4v) is 10.2. The fourth-order valence-electron chi connectivity index (χ4n) is 2.34. The van der Waals surface area contributed by atoms with E-state index < -0.39 is 7.59 Å². The normalized spacial score (nSPS) is 27.7. The number of hydrogen-bond acceptors (Lipinski definition) is 0. The topological polar surface area (TPSA) is 0 Å². The standard InChI is InChI=1S/C13H24Si2/c1-10-9-13(4,12(3)11(10)2)14(5)15(6,7)8/h1-8H3. The van der Waals surface area contributed by atoms with Crippen molar-refractivity contribution >= 4 is 15.9 Å². The van der Waals surface area contributed by atoms with Crippen LogP contribution in [0.2, 0.25) is 31.2 Å². The van der Waals surface area contributed by atoms with E-state index in [1.165, 1.54) is 11.1 Å². The van der Waals surface area contributed by atoms with Gasteiger partial charge in [-0.2, -0.15) is 0 Å². The Balaban J connectivity index is 3.17. The molecule has 1 atom stereocenters. The highest BCUT2D eigenvalue weighted by Crippen LogP contribution is 2.49. The summed E-state index contributed by atoms with van der Waals surface area (Å²) in [4.78, 5) is 0. The van der Waals surface area contributed by atoms with E-state index >= 15 is 0 Å². The van der Waals surface area contributed by atoms with Gasteiger partial charge in [0.25, 0.3) is 0 Å². The molecule has 0 saturated heterocycles. The zero-order valence-corrected chi connectivity index (χ0v) is 13.5. The molecular weight excluding hydrogens is 212 g/mol. The van der Waals surface area contributed by atoms with E-state index in [0.29, 0.717) is 5.04 Å². The highest BCUT2D eigenvalue weighted by Gasteiger charge is 2.43. The Morgan fingerprint density at radius 2 is 1.60 bits per heavy atom. The summed E-state index contributed by atoms with van der Waals surface area (Å²) in [6, 6.07) is 0. The predicted molar refractivity (Wildman–Crippen MR) is 74.1 cm³/mol. The van der Waals surface area contributed by atoms with Crippen molar-refractivity contribution in [3.63, 3.8) is 0 Å². The minimum Gasteiger partial charge on any atom is -0.0720 e. The molecule has 1 rings (SSSR count). The smallest absolute Gasteiger partial charge is 0.0546 e. The van der Waals surface area contributed by atoms with Crippen LogP contribution in [0.3, 0.4) is 0 Å². The van der Waals surface area contributed by atoms with Crippen LogP contribution in [-0.4, -0.2) is 15.9 Å². The quantitative estimate of drug-likeness (QED) is 0.624. The summed E-state index contributed by atoms with van der Waals surface area (Å²) in [5, 5.41) is 0.295. The van der Waals surface area contributed by atoms with E-state index in [2.05, 4.69) is 60.0 Å². The summed E-state index contributed by atoms with van der Waals surface area (Å²) < 4.78 is 0. The molecule has 0 aromatic heterocycles. The fraction of sp³-hybridized carbons (Fsp3) is 0.692. The largest absolute Gasteiger partial charge is 0.0720 e. The van der Waals surface area contributed by atoms with Crippen LogP contribution in [0.15, 0.2) is 16.7 Å². The third kappa shape index (κ3) is 2.07. The van der Waals surface area contributed by atoms with Crippen molar-refractivity contribution in [3.05, 3.63) is 22.8 Å². The molecule has 0 spiro atoms. The van der Waals surface area contributed by atoms with Crippen LogP contribution in [0.4, 0.5) is 0 Å². The molecule has 0 aromatic carbocycles. The first-order valence-corrected chi connectivity index (χ1v) is 12.2. The Labute approximate surface area is 97.9 Å². The molecule has 0 nitrogen and oxygen atoms in total. The minimum absolute atomic E-state index is 0.295. The molecule has 1 aliphatic rings. The second-order valence-electron chi connectivity index (χ2n) is 6.00. The summed E-state index contributed by atoms with van der Waals surface area (Å²) in [6.45, 7) is 19.2. The van der Waals surface area contributed by atoms with Gasteiger partial charge in [0.2, 0.25) is 0 Å². The summed E-state index contributed by atoms with van der Waals surface area (Å²) in [5.41, 5.74) is 4.46. The van der Waals surface area contributed by atoms with Crippen molar-refractivity contribution in [1.29, 1.82) is 0 Å². The molecule has 0 heterocycles. The van der Waals surface area contributed by atoms with Gasteiger partial charge in [0, 0.05) is 12.6 Å². The molecule has 0 N–H and O–H groups in total. The molecule has 0 bridgehead atoms. The molecule has 1 unspecified atom stereocenters. The summed E-state index contributed by atoms with van der Waals surface area (Å²) in [7, 11) is -1.35. The predicted octanol–water partition coefficient (Wildman–Crippen LogP) is 4.39. The van der Waals surface area contributed by atoms with Gasteiger partial charge in [-0.15, -0.1) is 0 Å². The van der Waals surface area contributed by atoms with Crippen LogP contribution in [0.25, 0.3) is 0 Å². The van der Waals surface area contributed by atoms with Gasteiger partial charge in [-0.25, -0.2) is 0 Å². The van der Waals surface area contributed by atoms with Gasteiger partial charge in [0.1, 0.15) is 0 Å². The van der Waals surface area contributed by atoms with Crippen molar-refractivity contribution in [2.75, 3.05) is 0 Å². The van der Waals surface area contributed by atoms with E-state index in [1.807, 2.05) is 0 Å². The highest BCUT2D eigenvalue weighted by atomic mass is 29.2. The Morgan fingerprint density at radius 1 is 1.13 bits per heavy atom. The lowest BCUT2D eigenvalue weighted by molar-refractivity contribution is 0.858. The van der Waals surface area contributed by atoms with Crippen molar-refractivity contribution in [2.24, 2.45) is 0 Å². The minimum atomic E-state index is -1.01. The molecule has 0 saturated carbocycles. The average Bonchev–Trinajstić information content (AvgIpc) is 2.29. The SMILES string of the molecule is CC1=[C]C(C)([Si](C)[Si](C)(C)C)C(C)=C1C. The molecular formula is C13H24Si2. The Bertz CT molecular complexity index is 331. The molecule has 2 radical (unpaired) electrons. The van der Waals surface area contributed by atoms with E-state index in [-0.39, 0.29) is 8.31 Å². The van der Waals surface area contributed by atoms with Gasteiger partial charge >= 0.3 is 0 Å². The first-order valence-electron chi connectivity index (χ1n) is 5.75. The van der Waals surface area contributed by atoms with Crippen molar-refractivity contribution in [2.45, 2.75) is 58.9 Å². The molecule has 0 amide bonds. The van der Waals surface area contributed by atoms with Gasteiger partial charge in [-0.05, 0) is 38.0 Å². The Kier molecular flexibility index (Phi) is 3.24. The van der Waals surface area contributed by atoms with Crippen molar-refractivity contribution in [1.82, 2.24) is 0 Å². The third-order valence-corrected chi connectivity index (χ3v) is 16.7. The first-order chi connectivity index (χ1) is 6.60. The molecule has 0 fully saturated rings. The first kappa shape index (κ1) is 13.0. The number of allylic oxidation sites excluding steroid dienone is 4. The van der Waals surface area contributed by atoms with E-state index in [0.717, 1.165) is 0 Å².